The zero-order valence-electron chi connectivity index (χ0n) is 13.2. The molecule has 1 saturated heterocycles. The van der Waals surface area contributed by atoms with Crippen molar-refractivity contribution in [2.45, 2.75) is 58.2 Å². The van der Waals surface area contributed by atoms with Crippen molar-refractivity contribution in [3.8, 4) is 5.75 Å². The van der Waals surface area contributed by atoms with Crippen molar-refractivity contribution in [2.24, 2.45) is 0 Å². The van der Waals surface area contributed by atoms with Crippen LogP contribution in [0.25, 0.3) is 0 Å². The molecule has 6 nitrogen and oxygen atoms in total. The molecule has 120 valence electrons. The molecule has 1 aliphatic heterocycles. The van der Waals surface area contributed by atoms with Crippen LogP contribution >= 0.6 is 0 Å². The van der Waals surface area contributed by atoms with Gasteiger partial charge in [-0.1, -0.05) is 12.1 Å². The second-order valence-electron chi connectivity index (χ2n) is 5.86. The Kier molecular flexibility index (Phi) is 5.00. The highest BCUT2D eigenvalue weighted by Crippen LogP contribution is 2.28. The molecule has 0 radical (unpaired) electrons. The second-order valence-corrected chi connectivity index (χ2v) is 5.86. The van der Waals surface area contributed by atoms with Gasteiger partial charge in [0.1, 0.15) is 0 Å². The van der Waals surface area contributed by atoms with Crippen molar-refractivity contribution in [1.29, 1.82) is 0 Å². The monoisotopic (exact) mass is 306 g/mol. The summed E-state index contributed by atoms with van der Waals surface area (Å²) < 4.78 is 5.59. The lowest BCUT2D eigenvalue weighted by atomic mass is 9.97. The fourth-order valence-corrected chi connectivity index (χ4v) is 3.01. The third kappa shape index (κ3) is 3.37. The SMILES string of the molecule is C[C@@H]1CCC[C@H](C)N1C(=O)[C@@H](C)Oc1ccccc1[N+](=O)[O-]. The number of likely N-dealkylation sites (tertiary alicyclic amines) is 1. The molecule has 22 heavy (non-hydrogen) atoms. The fraction of sp³-hybridized carbons (Fsp3) is 0.562. The lowest BCUT2D eigenvalue weighted by molar-refractivity contribution is -0.386. The van der Waals surface area contributed by atoms with Gasteiger partial charge in [0.2, 0.25) is 0 Å². The first-order chi connectivity index (χ1) is 10.4. The minimum absolute atomic E-state index is 0.113. The van der Waals surface area contributed by atoms with Crippen LogP contribution in [-0.4, -0.2) is 33.9 Å². The molecule has 0 spiro atoms. The lowest BCUT2D eigenvalue weighted by Gasteiger charge is -2.40. The van der Waals surface area contributed by atoms with E-state index in [1.54, 1.807) is 19.1 Å². The normalized spacial score (nSPS) is 23.0. The first-order valence-corrected chi connectivity index (χ1v) is 7.64. The van der Waals surface area contributed by atoms with Crippen molar-refractivity contribution < 1.29 is 14.5 Å². The van der Waals surface area contributed by atoms with Crippen LogP contribution in [-0.2, 0) is 4.79 Å². The van der Waals surface area contributed by atoms with Gasteiger partial charge in [-0.15, -0.1) is 0 Å². The van der Waals surface area contributed by atoms with Gasteiger partial charge in [0.15, 0.2) is 11.9 Å². The quantitative estimate of drug-likeness (QED) is 0.632. The molecule has 0 aliphatic carbocycles. The van der Waals surface area contributed by atoms with Gasteiger partial charge in [0, 0.05) is 18.2 Å². The molecule has 1 aliphatic rings. The maximum atomic E-state index is 12.6. The third-order valence-corrected chi connectivity index (χ3v) is 4.16. The zero-order chi connectivity index (χ0) is 16.3. The van der Waals surface area contributed by atoms with Crippen molar-refractivity contribution in [2.75, 3.05) is 0 Å². The summed E-state index contributed by atoms with van der Waals surface area (Å²) in [5.41, 5.74) is -0.123. The summed E-state index contributed by atoms with van der Waals surface area (Å²) in [5.74, 6) is 0.0171. The van der Waals surface area contributed by atoms with E-state index >= 15 is 0 Å². The molecule has 6 heteroatoms. The first-order valence-electron chi connectivity index (χ1n) is 7.64. The van der Waals surface area contributed by atoms with Crippen LogP contribution in [0.15, 0.2) is 24.3 Å². The molecule has 0 N–H and O–H groups in total. The second kappa shape index (κ2) is 6.77. The Morgan fingerprint density at radius 3 is 2.50 bits per heavy atom. The minimum atomic E-state index is -0.746. The highest BCUT2D eigenvalue weighted by atomic mass is 16.6. The van der Waals surface area contributed by atoms with Gasteiger partial charge in [0.25, 0.3) is 5.91 Å². The van der Waals surface area contributed by atoms with Crippen molar-refractivity contribution in [3.05, 3.63) is 34.4 Å². The Balaban J connectivity index is 2.13. The van der Waals surface area contributed by atoms with Gasteiger partial charge in [-0.05, 0) is 46.1 Å². The molecule has 1 amide bonds. The molecule has 2 rings (SSSR count). The summed E-state index contributed by atoms with van der Waals surface area (Å²) in [6.45, 7) is 5.71. The van der Waals surface area contributed by atoms with Crippen molar-refractivity contribution >= 4 is 11.6 Å². The van der Waals surface area contributed by atoms with E-state index in [0.717, 1.165) is 19.3 Å². The molecule has 0 bridgehead atoms. The van der Waals surface area contributed by atoms with Crippen molar-refractivity contribution in [3.63, 3.8) is 0 Å². The number of carbonyl (C=O) groups is 1. The average molecular weight is 306 g/mol. The third-order valence-electron chi connectivity index (χ3n) is 4.16. The maximum absolute atomic E-state index is 12.6. The Hall–Kier alpha value is -2.11. The molecular weight excluding hydrogens is 284 g/mol. The summed E-state index contributed by atoms with van der Waals surface area (Å²) in [6, 6.07) is 6.47. The number of nitro groups is 1. The number of nitrogens with zero attached hydrogens (tertiary/aromatic N) is 2. The van der Waals surface area contributed by atoms with Crippen LogP contribution in [0.5, 0.6) is 5.75 Å². The standard InChI is InChI=1S/C16H22N2O4/c1-11-7-6-8-12(2)17(11)16(19)13(3)22-15-10-5-4-9-14(15)18(20)21/h4-5,9-13H,6-8H2,1-3H3/t11-,12+,13-/m1/s1. The van der Waals surface area contributed by atoms with E-state index in [1.807, 2.05) is 18.7 Å². The molecule has 1 fully saturated rings. The Bertz CT molecular complexity index is 551. The van der Waals surface area contributed by atoms with Crippen LogP contribution in [0.1, 0.15) is 40.0 Å². The predicted octanol–water partition coefficient (Wildman–Crippen LogP) is 3.15. The van der Waals surface area contributed by atoms with Gasteiger partial charge in [-0.2, -0.15) is 0 Å². The van der Waals surface area contributed by atoms with Gasteiger partial charge in [-0.25, -0.2) is 0 Å². The molecular formula is C16H22N2O4. The summed E-state index contributed by atoms with van der Waals surface area (Å²) >= 11 is 0. The Labute approximate surface area is 130 Å². The lowest BCUT2D eigenvalue weighted by Crippen LogP contribution is -2.51. The van der Waals surface area contributed by atoms with E-state index < -0.39 is 11.0 Å². The van der Waals surface area contributed by atoms with Crippen molar-refractivity contribution in [1.82, 2.24) is 4.90 Å². The van der Waals surface area contributed by atoms with Crippen LogP contribution in [0.3, 0.4) is 0 Å². The minimum Gasteiger partial charge on any atom is -0.474 e. The smallest absolute Gasteiger partial charge is 0.310 e. The molecule has 1 aromatic rings. The molecule has 1 heterocycles. The summed E-state index contributed by atoms with van der Waals surface area (Å²) in [7, 11) is 0. The Morgan fingerprint density at radius 1 is 1.32 bits per heavy atom. The maximum Gasteiger partial charge on any atom is 0.310 e. The molecule has 0 unspecified atom stereocenters. The number of carbonyl (C=O) groups excluding carboxylic acids is 1. The van der Waals surface area contributed by atoms with Gasteiger partial charge in [-0.3, -0.25) is 14.9 Å². The average Bonchev–Trinajstić information content (AvgIpc) is 2.47. The number of piperidine rings is 1. The number of hydrogen-bond donors (Lipinski definition) is 0. The summed E-state index contributed by atoms with van der Waals surface area (Å²) in [4.78, 5) is 25.0. The number of ether oxygens (including phenoxy) is 1. The van der Waals surface area contributed by atoms with E-state index in [2.05, 4.69) is 0 Å². The van der Waals surface area contributed by atoms with Gasteiger partial charge in [0.05, 0.1) is 4.92 Å². The van der Waals surface area contributed by atoms with Gasteiger partial charge >= 0.3 is 5.69 Å². The predicted molar refractivity (Wildman–Crippen MR) is 82.8 cm³/mol. The summed E-state index contributed by atoms with van der Waals surface area (Å²) in [5, 5.41) is 11.0. The number of nitro benzene ring substituents is 1. The number of rotatable bonds is 4. The van der Waals surface area contributed by atoms with Crippen LogP contribution in [0.2, 0.25) is 0 Å². The van der Waals surface area contributed by atoms with E-state index in [-0.39, 0.29) is 29.4 Å². The van der Waals surface area contributed by atoms with E-state index in [4.69, 9.17) is 4.74 Å². The largest absolute Gasteiger partial charge is 0.474 e. The van der Waals surface area contributed by atoms with Crippen LogP contribution < -0.4 is 4.74 Å². The van der Waals surface area contributed by atoms with Gasteiger partial charge < -0.3 is 9.64 Å². The highest BCUT2D eigenvalue weighted by molar-refractivity contribution is 5.81. The van der Waals surface area contributed by atoms with Crippen LogP contribution in [0, 0.1) is 10.1 Å². The fourth-order valence-electron chi connectivity index (χ4n) is 3.01. The van der Waals surface area contributed by atoms with Crippen LogP contribution in [0.4, 0.5) is 5.69 Å². The first kappa shape index (κ1) is 16.3. The molecule has 0 saturated carbocycles. The van der Waals surface area contributed by atoms with E-state index in [1.165, 1.54) is 12.1 Å². The van der Waals surface area contributed by atoms with E-state index in [9.17, 15) is 14.9 Å². The molecule has 3 atom stereocenters. The molecule has 1 aromatic carbocycles. The zero-order valence-corrected chi connectivity index (χ0v) is 13.2. The summed E-state index contributed by atoms with van der Waals surface area (Å²) in [6.07, 6.45) is 2.33. The Morgan fingerprint density at radius 2 is 1.91 bits per heavy atom. The number of benzene rings is 1. The highest BCUT2D eigenvalue weighted by Gasteiger charge is 2.33. The van der Waals surface area contributed by atoms with E-state index in [0.29, 0.717) is 0 Å². The number of amides is 1. The molecule has 0 aromatic heterocycles. The topological polar surface area (TPSA) is 72.7 Å². The number of hydrogen-bond acceptors (Lipinski definition) is 4. The number of para-hydroxylation sites is 2.